The molecule has 0 fully saturated rings. The minimum Gasteiger partial charge on any atom is -0.507 e. The van der Waals surface area contributed by atoms with Crippen molar-refractivity contribution in [3.8, 4) is 5.75 Å². The monoisotopic (exact) mass is 279 g/mol. The van der Waals surface area contributed by atoms with Crippen LogP contribution in [-0.4, -0.2) is 11.5 Å². The summed E-state index contributed by atoms with van der Waals surface area (Å²) in [6.45, 7) is 0.512. The maximum absolute atomic E-state index is 10.2. The number of rotatable bonds is 3. The number of hydrogen-bond acceptors (Lipinski definition) is 2. The molecule has 3 nitrogen and oxygen atoms in total. The van der Waals surface area contributed by atoms with E-state index >= 15 is 0 Å². The van der Waals surface area contributed by atoms with E-state index in [0.29, 0.717) is 17.4 Å². The summed E-state index contributed by atoms with van der Waals surface area (Å²) in [5, 5.41) is 14.1. The molecule has 4 heteroatoms. The Labute approximate surface area is 101 Å². The molecule has 2 rings (SSSR count). The van der Waals surface area contributed by atoms with Gasteiger partial charge < -0.3 is 10.4 Å². The summed E-state index contributed by atoms with van der Waals surface area (Å²) in [6, 6.07) is 9.31. The van der Waals surface area contributed by atoms with Crippen LogP contribution in [0.1, 0.15) is 5.56 Å². The van der Waals surface area contributed by atoms with Gasteiger partial charge in [0.15, 0.2) is 0 Å². The third kappa shape index (κ3) is 2.02. The molecule has 2 aromatic rings. The highest BCUT2D eigenvalue weighted by molar-refractivity contribution is 9.10. The molecule has 0 saturated heterocycles. The normalized spacial score (nSPS) is 10.3. The van der Waals surface area contributed by atoms with Crippen LogP contribution < -0.4 is 5.32 Å². The molecule has 82 valence electrons. The van der Waals surface area contributed by atoms with E-state index < -0.39 is 0 Å². The number of hydrogen-bond donors (Lipinski definition) is 2. The number of benzene rings is 2. The molecule has 0 heterocycles. The number of aromatic hydroxyl groups is 1. The summed E-state index contributed by atoms with van der Waals surface area (Å²) in [6.07, 6.45) is 0.678. The van der Waals surface area contributed by atoms with Crippen molar-refractivity contribution in [1.29, 1.82) is 0 Å². The van der Waals surface area contributed by atoms with E-state index in [1.165, 1.54) is 0 Å². The second-order valence-electron chi connectivity index (χ2n) is 3.45. The Hall–Kier alpha value is -1.55. The zero-order valence-corrected chi connectivity index (χ0v) is 9.99. The van der Waals surface area contributed by atoms with Gasteiger partial charge in [-0.2, -0.15) is 0 Å². The summed E-state index contributed by atoms with van der Waals surface area (Å²) in [4.78, 5) is 10.2. The Bertz CT molecular complexity index is 540. The van der Waals surface area contributed by atoms with Crippen LogP contribution in [0.15, 0.2) is 34.8 Å². The van der Waals surface area contributed by atoms with E-state index in [4.69, 9.17) is 0 Å². The lowest BCUT2D eigenvalue weighted by Gasteiger charge is -2.06. The van der Waals surface area contributed by atoms with Gasteiger partial charge in [0.05, 0.1) is 4.47 Å². The molecule has 0 saturated carbocycles. The number of amides is 1. The Morgan fingerprint density at radius 2 is 2.12 bits per heavy atom. The molecule has 0 aliphatic rings. The number of carbonyl (C=O) groups is 1. The molecule has 0 spiro atoms. The Morgan fingerprint density at radius 3 is 2.88 bits per heavy atom. The quantitative estimate of drug-likeness (QED) is 0.849. The van der Waals surface area contributed by atoms with Gasteiger partial charge in [0.1, 0.15) is 5.75 Å². The van der Waals surface area contributed by atoms with Crippen LogP contribution in [0.2, 0.25) is 0 Å². The van der Waals surface area contributed by atoms with Gasteiger partial charge in [-0.1, -0.05) is 18.2 Å². The SMILES string of the molecule is O=CNCc1ccc2c(Br)c(O)ccc2c1. The third-order valence-corrected chi connectivity index (χ3v) is 3.22. The summed E-state index contributed by atoms with van der Waals surface area (Å²) < 4.78 is 0.694. The second kappa shape index (κ2) is 4.53. The fourth-order valence-corrected chi connectivity index (χ4v) is 2.09. The van der Waals surface area contributed by atoms with Crippen LogP contribution in [0.4, 0.5) is 0 Å². The van der Waals surface area contributed by atoms with Crippen LogP contribution in [0.3, 0.4) is 0 Å². The van der Waals surface area contributed by atoms with Crippen molar-refractivity contribution in [2.45, 2.75) is 6.54 Å². The fraction of sp³-hybridized carbons (Fsp3) is 0.0833. The van der Waals surface area contributed by atoms with E-state index in [-0.39, 0.29) is 5.75 Å². The average Bonchev–Trinajstić information content (AvgIpc) is 2.31. The molecule has 16 heavy (non-hydrogen) atoms. The van der Waals surface area contributed by atoms with Crippen molar-refractivity contribution in [2.24, 2.45) is 0 Å². The van der Waals surface area contributed by atoms with Crippen molar-refractivity contribution in [3.05, 3.63) is 40.4 Å². The molecule has 2 aromatic carbocycles. The molecule has 0 aromatic heterocycles. The van der Waals surface area contributed by atoms with Gasteiger partial charge in [-0.05, 0) is 44.4 Å². The lowest BCUT2D eigenvalue weighted by molar-refractivity contribution is -0.109. The molecule has 2 N–H and O–H groups in total. The number of phenols is 1. The highest BCUT2D eigenvalue weighted by atomic mass is 79.9. The Morgan fingerprint density at radius 1 is 1.31 bits per heavy atom. The van der Waals surface area contributed by atoms with Gasteiger partial charge >= 0.3 is 0 Å². The molecule has 0 aliphatic heterocycles. The minimum absolute atomic E-state index is 0.228. The number of nitrogens with one attached hydrogen (secondary N) is 1. The van der Waals surface area contributed by atoms with Gasteiger partial charge in [0, 0.05) is 6.54 Å². The van der Waals surface area contributed by atoms with E-state index in [0.717, 1.165) is 16.3 Å². The first-order valence-corrected chi connectivity index (χ1v) is 5.59. The van der Waals surface area contributed by atoms with Crippen molar-refractivity contribution >= 4 is 33.1 Å². The van der Waals surface area contributed by atoms with Gasteiger partial charge in [0.25, 0.3) is 0 Å². The molecule has 0 unspecified atom stereocenters. The molecular weight excluding hydrogens is 270 g/mol. The zero-order chi connectivity index (χ0) is 11.5. The predicted octanol–water partition coefficient (Wildman–Crippen LogP) is 2.55. The highest BCUT2D eigenvalue weighted by Crippen LogP contribution is 2.32. The summed E-state index contributed by atoms with van der Waals surface area (Å²) in [5.74, 6) is 0.228. The first kappa shape index (κ1) is 11.0. The average molecular weight is 280 g/mol. The van der Waals surface area contributed by atoms with Gasteiger partial charge in [-0.25, -0.2) is 0 Å². The summed E-state index contributed by atoms with van der Waals surface area (Å²) >= 11 is 3.34. The zero-order valence-electron chi connectivity index (χ0n) is 8.40. The van der Waals surface area contributed by atoms with Crippen molar-refractivity contribution in [3.63, 3.8) is 0 Å². The first-order chi connectivity index (χ1) is 7.72. The molecule has 0 aliphatic carbocycles. The van der Waals surface area contributed by atoms with Crippen LogP contribution >= 0.6 is 15.9 Å². The predicted molar refractivity (Wildman–Crippen MR) is 66.2 cm³/mol. The lowest BCUT2D eigenvalue weighted by Crippen LogP contribution is -2.09. The highest BCUT2D eigenvalue weighted by Gasteiger charge is 2.04. The third-order valence-electron chi connectivity index (χ3n) is 2.39. The van der Waals surface area contributed by atoms with Crippen LogP contribution in [0, 0.1) is 0 Å². The van der Waals surface area contributed by atoms with Gasteiger partial charge in [-0.3, -0.25) is 4.79 Å². The first-order valence-electron chi connectivity index (χ1n) is 4.79. The van der Waals surface area contributed by atoms with E-state index in [2.05, 4.69) is 21.2 Å². The van der Waals surface area contributed by atoms with E-state index in [1.54, 1.807) is 6.07 Å². The lowest BCUT2D eigenvalue weighted by atomic mass is 10.1. The standard InChI is InChI=1S/C12H10BrNO2/c13-12-10-3-1-8(6-14-7-15)5-9(10)2-4-11(12)16/h1-5,7,16H,6H2,(H,14,15). The van der Waals surface area contributed by atoms with Crippen LogP contribution in [0.25, 0.3) is 10.8 Å². The smallest absolute Gasteiger partial charge is 0.207 e. The molecule has 0 bridgehead atoms. The Balaban J connectivity index is 2.47. The number of phenolic OH excluding ortho intramolecular Hbond substituents is 1. The largest absolute Gasteiger partial charge is 0.507 e. The number of carbonyl (C=O) groups excluding carboxylic acids is 1. The molecular formula is C12H10BrNO2. The Kier molecular flexibility index (Phi) is 3.10. The molecule has 1 amide bonds. The number of halogens is 1. The van der Waals surface area contributed by atoms with Crippen LogP contribution in [-0.2, 0) is 11.3 Å². The van der Waals surface area contributed by atoms with E-state index in [1.807, 2.05) is 24.3 Å². The van der Waals surface area contributed by atoms with Crippen molar-refractivity contribution in [2.75, 3.05) is 0 Å². The molecule has 0 atom stereocenters. The summed E-state index contributed by atoms with van der Waals surface area (Å²) in [7, 11) is 0. The maximum Gasteiger partial charge on any atom is 0.207 e. The van der Waals surface area contributed by atoms with Gasteiger partial charge in [0.2, 0.25) is 6.41 Å². The summed E-state index contributed by atoms with van der Waals surface area (Å²) in [5.41, 5.74) is 1.03. The number of fused-ring (bicyclic) bond motifs is 1. The fourth-order valence-electron chi connectivity index (χ4n) is 1.60. The second-order valence-corrected chi connectivity index (χ2v) is 4.25. The topological polar surface area (TPSA) is 49.3 Å². The molecule has 0 radical (unpaired) electrons. The van der Waals surface area contributed by atoms with Crippen LogP contribution in [0.5, 0.6) is 5.75 Å². The minimum atomic E-state index is 0.228. The van der Waals surface area contributed by atoms with Gasteiger partial charge in [-0.15, -0.1) is 0 Å². The van der Waals surface area contributed by atoms with Crippen molar-refractivity contribution < 1.29 is 9.90 Å². The maximum atomic E-state index is 10.2. The van der Waals surface area contributed by atoms with E-state index in [9.17, 15) is 9.90 Å². The van der Waals surface area contributed by atoms with Crippen molar-refractivity contribution in [1.82, 2.24) is 5.32 Å².